The number of hydrogen-bond donors (Lipinski definition) is 0. The van der Waals surface area contributed by atoms with Crippen LogP contribution in [0.2, 0.25) is 0 Å². The van der Waals surface area contributed by atoms with Gasteiger partial charge in [-0.1, -0.05) is 91.0 Å². The molecule has 2 amide bonds. The van der Waals surface area contributed by atoms with Crippen LogP contribution in [0.1, 0.15) is 41.9 Å². The first-order valence-electron chi connectivity index (χ1n) is 13.2. The lowest BCUT2D eigenvalue weighted by molar-refractivity contribution is 0.164. The van der Waals surface area contributed by atoms with Gasteiger partial charge in [-0.25, -0.2) is 4.79 Å². The summed E-state index contributed by atoms with van der Waals surface area (Å²) >= 11 is 0. The highest BCUT2D eigenvalue weighted by Gasteiger charge is 2.30. The van der Waals surface area contributed by atoms with E-state index in [9.17, 15) is 4.79 Å². The summed E-state index contributed by atoms with van der Waals surface area (Å²) in [4.78, 5) is 19.4. The Kier molecular flexibility index (Phi) is 7.79. The molecule has 0 spiro atoms. The Morgan fingerprint density at radius 1 is 0.657 bits per heavy atom. The quantitative estimate of drug-likeness (QED) is 0.394. The monoisotopic (exact) mass is 467 g/mol. The molecule has 5 rings (SSSR count). The van der Waals surface area contributed by atoms with Gasteiger partial charge in [-0.3, -0.25) is 0 Å². The number of carbonyl (C=O) groups excluding carboxylic acids is 1. The Balaban J connectivity index is 1.09. The lowest BCUT2D eigenvalue weighted by Gasteiger charge is -2.37. The van der Waals surface area contributed by atoms with Crippen molar-refractivity contribution in [1.82, 2.24) is 14.7 Å². The average Bonchev–Trinajstić information content (AvgIpc) is 3.26. The van der Waals surface area contributed by atoms with Gasteiger partial charge in [-0.05, 0) is 61.5 Å². The molecule has 2 fully saturated rings. The van der Waals surface area contributed by atoms with E-state index in [0.29, 0.717) is 18.4 Å². The van der Waals surface area contributed by atoms with E-state index >= 15 is 0 Å². The van der Waals surface area contributed by atoms with Crippen LogP contribution in [-0.2, 0) is 6.54 Å². The van der Waals surface area contributed by atoms with Gasteiger partial charge in [0.2, 0.25) is 0 Å². The van der Waals surface area contributed by atoms with E-state index in [1.54, 1.807) is 0 Å². The summed E-state index contributed by atoms with van der Waals surface area (Å²) in [7, 11) is 0. The van der Waals surface area contributed by atoms with E-state index in [2.05, 4.69) is 77.7 Å². The lowest BCUT2D eigenvalue weighted by atomic mass is 9.76. The summed E-state index contributed by atoms with van der Waals surface area (Å²) in [5.74, 6) is 1.14. The predicted molar refractivity (Wildman–Crippen MR) is 142 cm³/mol. The van der Waals surface area contributed by atoms with Gasteiger partial charge in [-0.2, -0.15) is 0 Å². The van der Waals surface area contributed by atoms with E-state index in [4.69, 9.17) is 0 Å². The molecular weight excluding hydrogens is 430 g/mol. The second-order valence-electron chi connectivity index (χ2n) is 10.0. The molecule has 2 aliphatic heterocycles. The second kappa shape index (κ2) is 11.5. The van der Waals surface area contributed by atoms with Gasteiger partial charge in [-0.15, -0.1) is 0 Å². The van der Waals surface area contributed by atoms with Crippen LogP contribution in [0.15, 0.2) is 91.0 Å². The fourth-order valence-corrected chi connectivity index (χ4v) is 5.84. The average molecular weight is 468 g/mol. The van der Waals surface area contributed by atoms with Gasteiger partial charge in [0.25, 0.3) is 0 Å². The number of benzene rings is 3. The van der Waals surface area contributed by atoms with Crippen LogP contribution in [0.4, 0.5) is 4.79 Å². The Hall–Kier alpha value is -3.11. The predicted octanol–water partition coefficient (Wildman–Crippen LogP) is 5.86. The highest BCUT2D eigenvalue weighted by Crippen LogP contribution is 2.37. The van der Waals surface area contributed by atoms with Crippen LogP contribution in [0, 0.1) is 5.92 Å². The Bertz CT molecular complexity index is 1010. The normalized spacial score (nSPS) is 17.5. The van der Waals surface area contributed by atoms with Crippen molar-refractivity contribution >= 4 is 6.03 Å². The topological polar surface area (TPSA) is 26.8 Å². The van der Waals surface area contributed by atoms with Crippen molar-refractivity contribution in [3.8, 4) is 0 Å². The summed E-state index contributed by atoms with van der Waals surface area (Å²) < 4.78 is 0. The molecule has 4 heteroatoms. The SMILES string of the molecule is O=C1N(CCCN2CCC(C(c3ccccc3)c3ccccc3)CC2)CCN1Cc1ccccc1. The Morgan fingerprint density at radius 2 is 1.20 bits per heavy atom. The standard InChI is InChI=1S/C31H37N3O/c35-31-33(23-24-34(31)25-26-11-4-1-5-12-26)20-10-19-32-21-17-29(18-22-32)30(27-13-6-2-7-14-27)28-15-8-3-9-16-28/h1-9,11-16,29-30H,10,17-25H2. The highest BCUT2D eigenvalue weighted by molar-refractivity contribution is 5.76. The third-order valence-electron chi connectivity index (χ3n) is 7.72. The number of carbonyl (C=O) groups is 1. The molecule has 0 aromatic heterocycles. The summed E-state index contributed by atoms with van der Waals surface area (Å²) in [5.41, 5.74) is 4.07. The molecule has 2 heterocycles. The van der Waals surface area contributed by atoms with Crippen LogP contribution in [0.25, 0.3) is 0 Å². The molecule has 0 radical (unpaired) electrons. The first-order valence-corrected chi connectivity index (χ1v) is 13.2. The number of piperidine rings is 1. The van der Waals surface area contributed by atoms with E-state index < -0.39 is 0 Å². The van der Waals surface area contributed by atoms with E-state index in [-0.39, 0.29) is 6.03 Å². The van der Waals surface area contributed by atoms with E-state index in [1.165, 1.54) is 29.5 Å². The largest absolute Gasteiger partial charge is 0.323 e. The van der Waals surface area contributed by atoms with Gasteiger partial charge >= 0.3 is 6.03 Å². The summed E-state index contributed by atoms with van der Waals surface area (Å²) in [5, 5.41) is 0. The maximum atomic E-state index is 12.8. The molecule has 2 aliphatic rings. The molecular formula is C31H37N3O. The number of amides is 2. The highest BCUT2D eigenvalue weighted by atomic mass is 16.2. The molecule has 182 valence electrons. The minimum atomic E-state index is 0.195. The van der Waals surface area contributed by atoms with Crippen molar-refractivity contribution in [1.29, 1.82) is 0 Å². The fourth-order valence-electron chi connectivity index (χ4n) is 5.84. The van der Waals surface area contributed by atoms with Crippen molar-refractivity contribution in [2.75, 3.05) is 39.3 Å². The van der Waals surface area contributed by atoms with Crippen LogP contribution in [-0.4, -0.2) is 60.0 Å². The van der Waals surface area contributed by atoms with Gasteiger partial charge in [0.1, 0.15) is 0 Å². The summed E-state index contributed by atoms with van der Waals surface area (Å²) in [6.45, 7) is 6.64. The van der Waals surface area contributed by atoms with Crippen molar-refractivity contribution in [3.63, 3.8) is 0 Å². The van der Waals surface area contributed by atoms with Gasteiger partial charge < -0.3 is 14.7 Å². The molecule has 0 N–H and O–H groups in total. The van der Waals surface area contributed by atoms with Crippen molar-refractivity contribution < 1.29 is 4.79 Å². The fraction of sp³-hybridized carbons (Fsp3) is 0.387. The lowest BCUT2D eigenvalue weighted by Crippen LogP contribution is -2.38. The zero-order valence-electron chi connectivity index (χ0n) is 20.6. The smallest absolute Gasteiger partial charge is 0.320 e. The molecule has 35 heavy (non-hydrogen) atoms. The van der Waals surface area contributed by atoms with Crippen molar-refractivity contribution in [3.05, 3.63) is 108 Å². The second-order valence-corrected chi connectivity index (χ2v) is 10.0. The van der Waals surface area contributed by atoms with Gasteiger partial charge in [0.05, 0.1) is 0 Å². The molecule has 3 aromatic carbocycles. The van der Waals surface area contributed by atoms with Crippen LogP contribution in [0.3, 0.4) is 0 Å². The van der Waals surface area contributed by atoms with Crippen LogP contribution in [0.5, 0.6) is 0 Å². The minimum Gasteiger partial charge on any atom is -0.323 e. The molecule has 0 unspecified atom stereocenters. The molecule has 0 saturated carbocycles. The van der Waals surface area contributed by atoms with Crippen LogP contribution >= 0.6 is 0 Å². The summed E-state index contributed by atoms with van der Waals surface area (Å²) in [6, 6.07) is 32.5. The number of urea groups is 1. The number of rotatable bonds is 9. The molecule has 4 nitrogen and oxygen atoms in total. The maximum absolute atomic E-state index is 12.8. The summed E-state index contributed by atoms with van der Waals surface area (Å²) in [6.07, 6.45) is 3.50. The van der Waals surface area contributed by atoms with E-state index in [0.717, 1.165) is 45.7 Å². The molecule has 3 aromatic rings. The third kappa shape index (κ3) is 5.94. The van der Waals surface area contributed by atoms with Crippen molar-refractivity contribution in [2.24, 2.45) is 5.92 Å². The molecule has 0 aliphatic carbocycles. The van der Waals surface area contributed by atoms with Gasteiger partial charge in [0, 0.05) is 32.1 Å². The Morgan fingerprint density at radius 3 is 1.80 bits per heavy atom. The zero-order valence-corrected chi connectivity index (χ0v) is 20.6. The third-order valence-corrected chi connectivity index (χ3v) is 7.72. The molecule has 0 atom stereocenters. The van der Waals surface area contributed by atoms with Crippen LogP contribution < -0.4 is 0 Å². The first-order chi connectivity index (χ1) is 17.3. The molecule has 0 bridgehead atoms. The Labute approximate surface area is 210 Å². The number of nitrogens with zero attached hydrogens (tertiary/aromatic N) is 3. The first kappa shape index (κ1) is 23.6. The minimum absolute atomic E-state index is 0.195. The molecule has 2 saturated heterocycles. The number of likely N-dealkylation sites (tertiary alicyclic amines) is 1. The zero-order chi connectivity index (χ0) is 23.9. The maximum Gasteiger partial charge on any atom is 0.320 e. The van der Waals surface area contributed by atoms with Crippen molar-refractivity contribution in [2.45, 2.75) is 31.7 Å². The number of hydrogen-bond acceptors (Lipinski definition) is 2. The van der Waals surface area contributed by atoms with E-state index in [1.807, 2.05) is 28.0 Å². The van der Waals surface area contributed by atoms with Gasteiger partial charge in [0.15, 0.2) is 0 Å².